The van der Waals surface area contributed by atoms with E-state index in [1.54, 1.807) is 0 Å². The van der Waals surface area contributed by atoms with E-state index in [0.717, 1.165) is 12.2 Å². The normalized spacial score (nSPS) is 22.0. The number of nitrogens with zero attached hydrogens (tertiary/aromatic N) is 4. The highest BCUT2D eigenvalue weighted by atomic mass is 15.5. The van der Waals surface area contributed by atoms with Gasteiger partial charge in [-0.2, -0.15) is 0 Å². The molecule has 146 valence electrons. The SMILES string of the molecule is CCCCCCCCC[C@H]1c2c(-c3ccccc3)nnn2C[C@@H]2CCCN21. The molecule has 0 unspecified atom stereocenters. The van der Waals surface area contributed by atoms with Crippen LogP contribution in [0, 0.1) is 0 Å². The Hall–Kier alpha value is -1.68. The molecule has 2 aliphatic rings. The van der Waals surface area contributed by atoms with E-state index in [2.05, 4.69) is 57.1 Å². The lowest BCUT2D eigenvalue weighted by Gasteiger charge is -2.38. The molecule has 2 atom stereocenters. The predicted molar refractivity (Wildman–Crippen MR) is 111 cm³/mol. The minimum Gasteiger partial charge on any atom is -0.290 e. The Balaban J connectivity index is 1.47. The number of fused-ring (bicyclic) bond motifs is 2. The summed E-state index contributed by atoms with van der Waals surface area (Å²) >= 11 is 0. The van der Waals surface area contributed by atoms with Crippen molar-refractivity contribution in [3.8, 4) is 11.3 Å². The second kappa shape index (κ2) is 9.01. The number of aromatic nitrogens is 3. The van der Waals surface area contributed by atoms with E-state index in [-0.39, 0.29) is 0 Å². The van der Waals surface area contributed by atoms with Gasteiger partial charge in [0, 0.05) is 11.6 Å². The van der Waals surface area contributed by atoms with Gasteiger partial charge in [0.2, 0.25) is 0 Å². The summed E-state index contributed by atoms with van der Waals surface area (Å²) < 4.78 is 2.22. The van der Waals surface area contributed by atoms with Gasteiger partial charge in [0.05, 0.1) is 18.3 Å². The topological polar surface area (TPSA) is 34.0 Å². The molecule has 27 heavy (non-hydrogen) atoms. The van der Waals surface area contributed by atoms with Gasteiger partial charge in [-0.15, -0.1) is 5.10 Å². The highest BCUT2D eigenvalue weighted by molar-refractivity contribution is 5.62. The first-order chi connectivity index (χ1) is 13.4. The molecule has 1 aromatic heterocycles. The summed E-state index contributed by atoms with van der Waals surface area (Å²) in [5, 5.41) is 9.17. The van der Waals surface area contributed by atoms with E-state index in [1.165, 1.54) is 82.0 Å². The second-order valence-corrected chi connectivity index (χ2v) is 8.33. The largest absolute Gasteiger partial charge is 0.290 e. The Bertz CT molecular complexity index is 708. The first-order valence-electron chi connectivity index (χ1n) is 11.1. The van der Waals surface area contributed by atoms with Crippen molar-refractivity contribution >= 4 is 0 Å². The summed E-state index contributed by atoms with van der Waals surface area (Å²) in [6, 6.07) is 11.8. The van der Waals surface area contributed by atoms with Crippen molar-refractivity contribution in [2.45, 2.75) is 89.8 Å². The van der Waals surface area contributed by atoms with Gasteiger partial charge >= 0.3 is 0 Å². The quantitative estimate of drug-likeness (QED) is 0.541. The Morgan fingerprint density at radius 2 is 1.78 bits per heavy atom. The maximum atomic E-state index is 4.61. The molecule has 0 aliphatic carbocycles. The van der Waals surface area contributed by atoms with Crippen molar-refractivity contribution in [1.82, 2.24) is 19.9 Å². The van der Waals surface area contributed by atoms with Gasteiger partial charge in [-0.3, -0.25) is 4.90 Å². The van der Waals surface area contributed by atoms with E-state index < -0.39 is 0 Å². The van der Waals surface area contributed by atoms with Crippen molar-refractivity contribution in [2.24, 2.45) is 0 Å². The van der Waals surface area contributed by atoms with Gasteiger partial charge in [-0.05, 0) is 25.8 Å². The van der Waals surface area contributed by atoms with Crippen LogP contribution in [0.5, 0.6) is 0 Å². The second-order valence-electron chi connectivity index (χ2n) is 8.33. The summed E-state index contributed by atoms with van der Waals surface area (Å²) in [5.74, 6) is 0. The van der Waals surface area contributed by atoms with Crippen LogP contribution in [0.3, 0.4) is 0 Å². The van der Waals surface area contributed by atoms with Crippen LogP contribution in [0.25, 0.3) is 11.3 Å². The minimum atomic E-state index is 0.493. The van der Waals surface area contributed by atoms with E-state index in [9.17, 15) is 0 Å². The lowest BCUT2D eigenvalue weighted by Crippen LogP contribution is -2.42. The van der Waals surface area contributed by atoms with Crippen LogP contribution < -0.4 is 0 Å². The molecular weight excluding hydrogens is 332 g/mol. The molecule has 3 heterocycles. The van der Waals surface area contributed by atoms with Gasteiger partial charge < -0.3 is 0 Å². The minimum absolute atomic E-state index is 0.493. The highest BCUT2D eigenvalue weighted by Crippen LogP contribution is 2.41. The molecule has 0 saturated carbocycles. The summed E-state index contributed by atoms with van der Waals surface area (Å²) in [6.45, 7) is 4.55. The standard InChI is InChI=1S/C23H34N4/c1-2-3-4-5-6-7-11-16-21-23-22(19-13-9-8-10-14-19)24-25-27(23)18-20-15-12-17-26(20)21/h8-10,13-14,20-21H,2-7,11-12,15-18H2,1H3/t20-,21-/m0/s1. The Morgan fingerprint density at radius 3 is 2.59 bits per heavy atom. The molecule has 4 nitrogen and oxygen atoms in total. The van der Waals surface area contributed by atoms with Gasteiger partial charge in [0.1, 0.15) is 5.69 Å². The van der Waals surface area contributed by atoms with Crippen LogP contribution in [0.1, 0.15) is 82.9 Å². The summed E-state index contributed by atoms with van der Waals surface area (Å²) in [5.41, 5.74) is 3.68. The lowest BCUT2D eigenvalue weighted by atomic mass is 9.95. The summed E-state index contributed by atoms with van der Waals surface area (Å²) in [4.78, 5) is 2.77. The zero-order valence-corrected chi connectivity index (χ0v) is 16.8. The fourth-order valence-corrected chi connectivity index (χ4v) is 5.01. The van der Waals surface area contributed by atoms with Crippen LogP contribution >= 0.6 is 0 Å². The molecule has 0 bridgehead atoms. The fourth-order valence-electron chi connectivity index (χ4n) is 5.01. The van der Waals surface area contributed by atoms with E-state index in [4.69, 9.17) is 0 Å². The zero-order valence-electron chi connectivity index (χ0n) is 16.8. The lowest BCUT2D eigenvalue weighted by molar-refractivity contribution is 0.115. The smallest absolute Gasteiger partial charge is 0.117 e. The number of benzene rings is 1. The summed E-state index contributed by atoms with van der Waals surface area (Å²) in [7, 11) is 0. The Kier molecular flexibility index (Phi) is 6.23. The Labute approximate surface area is 164 Å². The zero-order chi connectivity index (χ0) is 18.5. The highest BCUT2D eigenvalue weighted by Gasteiger charge is 2.39. The predicted octanol–water partition coefficient (Wildman–Crippen LogP) is 5.60. The summed E-state index contributed by atoms with van der Waals surface area (Å²) in [6.07, 6.45) is 13.5. The van der Waals surface area contributed by atoms with Crippen LogP contribution in [-0.2, 0) is 6.54 Å². The third-order valence-corrected chi connectivity index (χ3v) is 6.42. The number of rotatable bonds is 9. The van der Waals surface area contributed by atoms with E-state index in [0.29, 0.717) is 12.1 Å². The van der Waals surface area contributed by atoms with Crippen LogP contribution in [0.15, 0.2) is 30.3 Å². The fraction of sp³-hybridized carbons (Fsp3) is 0.652. The van der Waals surface area contributed by atoms with Gasteiger partial charge in [0.15, 0.2) is 0 Å². The maximum absolute atomic E-state index is 4.61. The average molecular weight is 367 g/mol. The molecule has 1 aromatic carbocycles. The molecule has 0 radical (unpaired) electrons. The molecule has 2 aromatic rings. The monoisotopic (exact) mass is 366 g/mol. The molecule has 1 saturated heterocycles. The number of hydrogen-bond donors (Lipinski definition) is 0. The van der Waals surface area contributed by atoms with Crippen LogP contribution in [-0.4, -0.2) is 32.5 Å². The van der Waals surface area contributed by atoms with Crippen molar-refractivity contribution < 1.29 is 0 Å². The molecule has 0 N–H and O–H groups in total. The van der Waals surface area contributed by atoms with Crippen molar-refractivity contribution in [2.75, 3.05) is 6.54 Å². The molecule has 4 rings (SSSR count). The van der Waals surface area contributed by atoms with Gasteiger partial charge in [-0.1, -0.05) is 87.4 Å². The molecule has 0 spiro atoms. The first-order valence-corrected chi connectivity index (χ1v) is 11.1. The average Bonchev–Trinajstić information content (AvgIpc) is 3.34. The van der Waals surface area contributed by atoms with Crippen LogP contribution in [0.4, 0.5) is 0 Å². The van der Waals surface area contributed by atoms with Crippen LogP contribution in [0.2, 0.25) is 0 Å². The van der Waals surface area contributed by atoms with Gasteiger partial charge in [-0.25, -0.2) is 4.68 Å². The third-order valence-electron chi connectivity index (χ3n) is 6.42. The molecule has 0 amide bonds. The maximum Gasteiger partial charge on any atom is 0.117 e. The Morgan fingerprint density at radius 1 is 1.00 bits per heavy atom. The number of unbranched alkanes of at least 4 members (excludes halogenated alkanes) is 6. The molecule has 1 fully saturated rings. The van der Waals surface area contributed by atoms with E-state index in [1.807, 2.05) is 0 Å². The molecular formula is C23H34N4. The number of hydrogen-bond acceptors (Lipinski definition) is 3. The van der Waals surface area contributed by atoms with Crippen molar-refractivity contribution in [1.29, 1.82) is 0 Å². The van der Waals surface area contributed by atoms with E-state index >= 15 is 0 Å². The third kappa shape index (κ3) is 4.11. The van der Waals surface area contributed by atoms with Gasteiger partial charge in [0.25, 0.3) is 0 Å². The molecule has 2 aliphatic heterocycles. The van der Waals surface area contributed by atoms with Crippen molar-refractivity contribution in [3.05, 3.63) is 36.0 Å². The molecule has 4 heteroatoms. The van der Waals surface area contributed by atoms with Crippen molar-refractivity contribution in [3.63, 3.8) is 0 Å². The first kappa shape index (κ1) is 18.7.